The Labute approximate surface area is 190 Å². The first-order valence-electron chi connectivity index (χ1n) is 11.2. The minimum absolute atomic E-state index is 0.0271. The smallest absolute Gasteiger partial charge is 0.414 e. The summed E-state index contributed by atoms with van der Waals surface area (Å²) in [6, 6.07) is 11.0. The van der Waals surface area contributed by atoms with Gasteiger partial charge in [0.05, 0.1) is 34.6 Å². The molecule has 170 valence electrons. The van der Waals surface area contributed by atoms with Gasteiger partial charge in [0.15, 0.2) is 0 Å². The van der Waals surface area contributed by atoms with E-state index in [2.05, 4.69) is 0 Å². The standard InChI is InChI=1S/C25H24N2O6/c1-15-17(21(28)29)12-16(13-20(15)26-8-11-33-23(26)31)27-19-5-3-2-4-18(19)25(22(27)30)14-24(25)6-9-32-10-7-24/h2-5,12-13H,6-11,14H2,1H3,(H,28,29)/t25-/m1/s1. The fourth-order valence-electron chi connectivity index (χ4n) is 6.14. The molecule has 8 heteroatoms. The maximum Gasteiger partial charge on any atom is 0.414 e. The molecule has 3 heterocycles. The minimum atomic E-state index is -1.11. The molecule has 2 spiro atoms. The van der Waals surface area contributed by atoms with Crippen molar-refractivity contribution in [3.63, 3.8) is 0 Å². The highest BCUT2D eigenvalue weighted by molar-refractivity contribution is 6.16. The van der Waals surface area contributed by atoms with Crippen molar-refractivity contribution in [2.24, 2.45) is 5.41 Å². The summed E-state index contributed by atoms with van der Waals surface area (Å²) in [5.41, 5.74) is 2.49. The second-order valence-corrected chi connectivity index (χ2v) is 9.34. The van der Waals surface area contributed by atoms with E-state index in [0.29, 0.717) is 36.7 Å². The summed E-state index contributed by atoms with van der Waals surface area (Å²) in [6.45, 7) is 3.54. The summed E-state index contributed by atoms with van der Waals surface area (Å²) in [7, 11) is 0. The molecule has 2 aromatic rings. The molecule has 1 saturated carbocycles. The van der Waals surface area contributed by atoms with Gasteiger partial charge in [0, 0.05) is 13.2 Å². The third-order valence-electron chi connectivity index (χ3n) is 7.91. The number of ether oxygens (including phenoxy) is 2. The number of amides is 2. The van der Waals surface area contributed by atoms with Crippen molar-refractivity contribution in [2.45, 2.75) is 31.6 Å². The summed E-state index contributed by atoms with van der Waals surface area (Å²) >= 11 is 0. The summed E-state index contributed by atoms with van der Waals surface area (Å²) in [5, 5.41) is 9.89. The molecule has 2 amide bonds. The lowest BCUT2D eigenvalue weighted by Gasteiger charge is -2.27. The Morgan fingerprint density at radius 1 is 1.06 bits per heavy atom. The van der Waals surface area contributed by atoms with Gasteiger partial charge in [-0.3, -0.25) is 14.6 Å². The lowest BCUT2D eigenvalue weighted by Crippen LogP contribution is -2.35. The van der Waals surface area contributed by atoms with E-state index in [9.17, 15) is 19.5 Å². The van der Waals surface area contributed by atoms with Crippen molar-refractivity contribution in [3.05, 3.63) is 53.1 Å². The van der Waals surface area contributed by atoms with Gasteiger partial charge in [0.1, 0.15) is 6.61 Å². The molecule has 2 saturated heterocycles. The van der Waals surface area contributed by atoms with Crippen LogP contribution in [0.4, 0.5) is 21.9 Å². The van der Waals surface area contributed by atoms with E-state index in [4.69, 9.17) is 9.47 Å². The van der Waals surface area contributed by atoms with Crippen LogP contribution in [0.1, 0.15) is 40.7 Å². The Morgan fingerprint density at radius 2 is 1.82 bits per heavy atom. The largest absolute Gasteiger partial charge is 0.478 e. The first-order chi connectivity index (χ1) is 15.9. The topological polar surface area (TPSA) is 96.4 Å². The Kier molecular flexibility index (Phi) is 4.17. The average molecular weight is 448 g/mol. The number of carbonyl (C=O) groups excluding carboxylic acids is 2. The zero-order valence-electron chi connectivity index (χ0n) is 18.3. The molecule has 3 aliphatic heterocycles. The Balaban J connectivity index is 1.51. The number of aromatic carboxylic acids is 1. The van der Waals surface area contributed by atoms with Crippen LogP contribution in [0.15, 0.2) is 36.4 Å². The van der Waals surface area contributed by atoms with Crippen molar-refractivity contribution in [1.29, 1.82) is 0 Å². The molecule has 0 aromatic heterocycles. The molecular weight excluding hydrogens is 424 g/mol. The zero-order chi connectivity index (χ0) is 23.0. The van der Waals surface area contributed by atoms with Crippen molar-refractivity contribution in [3.8, 4) is 0 Å². The maximum absolute atomic E-state index is 14.1. The zero-order valence-corrected chi connectivity index (χ0v) is 18.3. The van der Waals surface area contributed by atoms with Gasteiger partial charge in [-0.15, -0.1) is 0 Å². The van der Waals surface area contributed by atoms with Crippen LogP contribution in [0.3, 0.4) is 0 Å². The Bertz CT molecular complexity index is 1220. The van der Waals surface area contributed by atoms with E-state index in [1.165, 1.54) is 11.0 Å². The number of benzene rings is 2. The Morgan fingerprint density at radius 3 is 2.52 bits per heavy atom. The average Bonchev–Trinajstić information content (AvgIpc) is 3.09. The second-order valence-electron chi connectivity index (χ2n) is 9.34. The van der Waals surface area contributed by atoms with E-state index >= 15 is 0 Å². The van der Waals surface area contributed by atoms with Gasteiger partial charge in [-0.2, -0.15) is 0 Å². The van der Waals surface area contributed by atoms with Crippen molar-refractivity contribution < 1.29 is 29.0 Å². The first kappa shape index (κ1) is 20.2. The van der Waals surface area contributed by atoms with Crippen LogP contribution in [-0.2, 0) is 19.7 Å². The molecule has 2 aromatic carbocycles. The number of carboxylic acids is 1. The van der Waals surface area contributed by atoms with Gasteiger partial charge in [-0.05, 0) is 60.9 Å². The maximum atomic E-state index is 14.1. The van der Waals surface area contributed by atoms with Gasteiger partial charge in [-0.25, -0.2) is 9.59 Å². The van der Waals surface area contributed by atoms with Crippen molar-refractivity contribution >= 4 is 35.0 Å². The van der Waals surface area contributed by atoms with Gasteiger partial charge in [0.25, 0.3) is 0 Å². The third-order valence-corrected chi connectivity index (χ3v) is 7.91. The van der Waals surface area contributed by atoms with Gasteiger partial charge in [0.2, 0.25) is 5.91 Å². The Hall–Kier alpha value is -3.39. The third kappa shape index (κ3) is 2.58. The van der Waals surface area contributed by atoms with Gasteiger partial charge in [-0.1, -0.05) is 18.2 Å². The summed E-state index contributed by atoms with van der Waals surface area (Å²) in [6.07, 6.45) is 1.93. The van der Waals surface area contributed by atoms with E-state index in [-0.39, 0.29) is 23.5 Å². The highest BCUT2D eigenvalue weighted by Gasteiger charge is 2.76. The molecule has 1 atom stereocenters. The normalized spacial score (nSPS) is 25.0. The van der Waals surface area contributed by atoms with Crippen molar-refractivity contribution in [2.75, 3.05) is 36.2 Å². The summed E-state index contributed by atoms with van der Waals surface area (Å²) in [4.78, 5) is 41.6. The number of para-hydroxylation sites is 1. The number of nitrogens with zero attached hydrogens (tertiary/aromatic N) is 2. The molecule has 33 heavy (non-hydrogen) atoms. The molecule has 4 aliphatic rings. The first-order valence-corrected chi connectivity index (χ1v) is 11.2. The summed E-state index contributed by atoms with van der Waals surface area (Å²) < 4.78 is 10.7. The van der Waals surface area contributed by atoms with Gasteiger partial charge < -0.3 is 14.6 Å². The number of anilines is 3. The number of carboxylic acid groups (broad SMARTS) is 1. The summed E-state index contributed by atoms with van der Waals surface area (Å²) in [5.74, 6) is -1.13. The van der Waals surface area contributed by atoms with Crippen LogP contribution < -0.4 is 9.80 Å². The number of hydrogen-bond donors (Lipinski definition) is 1. The van der Waals surface area contributed by atoms with E-state index in [1.54, 1.807) is 17.9 Å². The highest BCUT2D eigenvalue weighted by Crippen LogP contribution is 2.74. The second kappa shape index (κ2) is 6.81. The number of carbonyl (C=O) groups is 3. The van der Waals surface area contributed by atoms with E-state index in [0.717, 1.165) is 30.5 Å². The predicted octanol–water partition coefficient (Wildman–Crippen LogP) is 3.77. The van der Waals surface area contributed by atoms with Crippen LogP contribution in [0, 0.1) is 12.3 Å². The molecule has 3 fully saturated rings. The minimum Gasteiger partial charge on any atom is -0.478 e. The monoisotopic (exact) mass is 448 g/mol. The molecule has 8 nitrogen and oxygen atoms in total. The van der Waals surface area contributed by atoms with Crippen LogP contribution in [-0.4, -0.2) is 49.4 Å². The number of rotatable bonds is 3. The van der Waals surface area contributed by atoms with Crippen LogP contribution in [0.25, 0.3) is 0 Å². The molecule has 1 N–H and O–H groups in total. The molecule has 6 rings (SSSR count). The predicted molar refractivity (Wildman–Crippen MR) is 119 cm³/mol. The molecule has 0 bridgehead atoms. The van der Waals surface area contributed by atoms with Gasteiger partial charge >= 0.3 is 12.1 Å². The molecule has 1 aliphatic carbocycles. The van der Waals surface area contributed by atoms with Crippen LogP contribution >= 0.6 is 0 Å². The SMILES string of the molecule is Cc1c(C(=O)O)cc(N2C(=O)[C@@]3(CC34CCOCC4)c3ccccc32)cc1N1CCOC1=O. The number of fused-ring (bicyclic) bond motifs is 3. The number of hydrogen-bond acceptors (Lipinski definition) is 5. The molecule has 0 radical (unpaired) electrons. The number of cyclic esters (lactones) is 1. The molecule has 0 unspecified atom stereocenters. The van der Waals surface area contributed by atoms with Crippen molar-refractivity contribution in [1.82, 2.24) is 0 Å². The van der Waals surface area contributed by atoms with Crippen LogP contribution in [0.5, 0.6) is 0 Å². The quantitative estimate of drug-likeness (QED) is 0.768. The van der Waals surface area contributed by atoms with E-state index in [1.807, 2.05) is 24.3 Å². The van der Waals surface area contributed by atoms with E-state index < -0.39 is 17.5 Å². The highest BCUT2D eigenvalue weighted by atomic mass is 16.6. The fourth-order valence-corrected chi connectivity index (χ4v) is 6.14. The molecular formula is C25H24N2O6. The fraction of sp³-hybridized carbons (Fsp3) is 0.400. The van der Waals surface area contributed by atoms with Crippen LogP contribution in [0.2, 0.25) is 0 Å². The lowest BCUT2D eigenvalue weighted by atomic mass is 9.82. The lowest BCUT2D eigenvalue weighted by molar-refractivity contribution is -0.121.